The van der Waals surface area contributed by atoms with Crippen molar-refractivity contribution in [3.8, 4) is 0 Å². The molecule has 2 aromatic rings. The Morgan fingerprint density at radius 3 is 2.59 bits per heavy atom. The zero-order valence-corrected chi connectivity index (χ0v) is 9.30. The monoisotopic (exact) mass is 232 g/mol. The van der Waals surface area contributed by atoms with Gasteiger partial charge in [0.15, 0.2) is 0 Å². The van der Waals surface area contributed by atoms with Gasteiger partial charge in [-0.2, -0.15) is 0 Å². The van der Waals surface area contributed by atoms with Gasteiger partial charge in [0.25, 0.3) is 0 Å². The van der Waals surface area contributed by atoms with Crippen molar-refractivity contribution >= 4 is 5.97 Å². The van der Waals surface area contributed by atoms with E-state index in [9.17, 15) is 9.59 Å². The van der Waals surface area contributed by atoms with Crippen LogP contribution >= 0.6 is 0 Å². The number of aromatic carboxylic acids is 1. The minimum Gasteiger partial charge on any atom is -0.477 e. The van der Waals surface area contributed by atoms with Crippen LogP contribution < -0.4 is 5.69 Å². The number of nitrogens with zero attached hydrogens (tertiary/aromatic N) is 1. The van der Waals surface area contributed by atoms with Gasteiger partial charge in [0.1, 0.15) is 5.69 Å². The largest absolute Gasteiger partial charge is 0.477 e. The molecular weight excluding hydrogens is 220 g/mol. The molecule has 0 spiro atoms. The molecule has 0 aliphatic heterocycles. The molecule has 0 amide bonds. The van der Waals surface area contributed by atoms with Crippen molar-refractivity contribution in [3.63, 3.8) is 0 Å². The third-order valence-corrected chi connectivity index (χ3v) is 2.55. The number of hydrogen-bond donors (Lipinski definition) is 2. The fourth-order valence-electron chi connectivity index (χ4n) is 1.61. The van der Waals surface area contributed by atoms with Crippen LogP contribution in [0.25, 0.3) is 0 Å². The number of aryl methyl sites for hydroxylation is 1. The Balaban J connectivity index is 2.36. The topological polar surface area (TPSA) is 75.1 Å². The molecule has 0 aliphatic rings. The fourth-order valence-corrected chi connectivity index (χ4v) is 1.61. The van der Waals surface area contributed by atoms with Crippen LogP contribution in [0.5, 0.6) is 0 Å². The standard InChI is InChI=1S/C12H12N2O3/c1-8-2-4-9(5-3-8)7-14-10(11(15)16)6-13-12(14)17/h2-6H,7H2,1H3,(H,13,17)(H,15,16). The number of aromatic nitrogens is 2. The number of hydrogen-bond acceptors (Lipinski definition) is 2. The average Bonchev–Trinajstić information content (AvgIpc) is 2.64. The highest BCUT2D eigenvalue weighted by molar-refractivity contribution is 5.85. The van der Waals surface area contributed by atoms with Gasteiger partial charge in [0.05, 0.1) is 6.54 Å². The number of aromatic amines is 1. The van der Waals surface area contributed by atoms with E-state index in [0.717, 1.165) is 11.1 Å². The zero-order chi connectivity index (χ0) is 12.4. The number of rotatable bonds is 3. The van der Waals surface area contributed by atoms with E-state index in [1.54, 1.807) is 0 Å². The van der Waals surface area contributed by atoms with E-state index in [4.69, 9.17) is 5.11 Å². The minimum atomic E-state index is -1.12. The molecule has 1 aromatic carbocycles. The molecule has 0 saturated carbocycles. The maximum absolute atomic E-state index is 11.5. The van der Waals surface area contributed by atoms with Crippen molar-refractivity contribution < 1.29 is 9.90 Å². The Kier molecular flexibility index (Phi) is 2.82. The van der Waals surface area contributed by atoms with Crippen molar-refractivity contribution in [1.82, 2.24) is 9.55 Å². The summed E-state index contributed by atoms with van der Waals surface area (Å²) >= 11 is 0. The van der Waals surface area contributed by atoms with Crippen LogP contribution in [-0.4, -0.2) is 20.6 Å². The maximum atomic E-state index is 11.5. The number of benzene rings is 1. The molecule has 1 heterocycles. The van der Waals surface area contributed by atoms with Crippen LogP contribution in [0.2, 0.25) is 0 Å². The van der Waals surface area contributed by atoms with E-state index in [1.165, 1.54) is 10.8 Å². The second-order valence-corrected chi connectivity index (χ2v) is 3.86. The lowest BCUT2D eigenvalue weighted by Crippen LogP contribution is -2.21. The summed E-state index contributed by atoms with van der Waals surface area (Å²) in [6, 6.07) is 7.60. The molecule has 0 aliphatic carbocycles. The Bertz CT molecular complexity index is 593. The number of nitrogens with one attached hydrogen (secondary N) is 1. The van der Waals surface area contributed by atoms with Gasteiger partial charge >= 0.3 is 11.7 Å². The van der Waals surface area contributed by atoms with Crippen molar-refractivity contribution in [2.45, 2.75) is 13.5 Å². The second kappa shape index (κ2) is 4.29. The number of imidazole rings is 1. The SMILES string of the molecule is Cc1ccc(Cn2c(C(=O)O)c[nH]c2=O)cc1. The van der Waals surface area contributed by atoms with Gasteiger partial charge < -0.3 is 10.1 Å². The van der Waals surface area contributed by atoms with E-state index < -0.39 is 11.7 Å². The molecule has 88 valence electrons. The first-order valence-electron chi connectivity index (χ1n) is 5.15. The predicted molar refractivity (Wildman–Crippen MR) is 62.3 cm³/mol. The summed E-state index contributed by atoms with van der Waals surface area (Å²) in [6.45, 7) is 2.22. The molecule has 0 unspecified atom stereocenters. The van der Waals surface area contributed by atoms with Crippen LogP contribution in [-0.2, 0) is 6.54 Å². The minimum absolute atomic E-state index is 0.0319. The number of carbonyl (C=O) groups is 1. The van der Waals surface area contributed by atoms with Crippen LogP contribution in [0.4, 0.5) is 0 Å². The summed E-state index contributed by atoms with van der Waals surface area (Å²) in [5.74, 6) is -1.12. The second-order valence-electron chi connectivity index (χ2n) is 3.86. The van der Waals surface area contributed by atoms with Gasteiger partial charge in [-0.3, -0.25) is 4.57 Å². The zero-order valence-electron chi connectivity index (χ0n) is 9.30. The van der Waals surface area contributed by atoms with Crippen molar-refractivity contribution in [3.05, 3.63) is 57.8 Å². The third-order valence-electron chi connectivity index (χ3n) is 2.55. The lowest BCUT2D eigenvalue weighted by Gasteiger charge is -2.04. The molecule has 1 aromatic heterocycles. The van der Waals surface area contributed by atoms with Crippen LogP contribution in [0.1, 0.15) is 21.6 Å². The van der Waals surface area contributed by atoms with E-state index in [2.05, 4.69) is 4.98 Å². The summed E-state index contributed by atoms with van der Waals surface area (Å²) in [5.41, 5.74) is 1.56. The molecular formula is C12H12N2O3. The molecule has 2 N–H and O–H groups in total. The predicted octanol–water partition coefficient (Wildman–Crippen LogP) is 1.23. The van der Waals surface area contributed by atoms with Gasteiger partial charge in [-0.15, -0.1) is 0 Å². The highest BCUT2D eigenvalue weighted by Crippen LogP contribution is 2.06. The number of H-pyrrole nitrogens is 1. The normalized spacial score (nSPS) is 10.4. The first kappa shape index (κ1) is 11.2. The molecule has 0 fully saturated rings. The molecule has 17 heavy (non-hydrogen) atoms. The molecule has 0 atom stereocenters. The van der Waals surface area contributed by atoms with E-state index in [-0.39, 0.29) is 12.2 Å². The first-order valence-corrected chi connectivity index (χ1v) is 5.15. The quantitative estimate of drug-likeness (QED) is 0.835. The summed E-state index contributed by atoms with van der Waals surface area (Å²) in [4.78, 5) is 24.7. The summed E-state index contributed by atoms with van der Waals surface area (Å²) in [6.07, 6.45) is 1.21. The number of carboxylic acids is 1. The van der Waals surface area contributed by atoms with Crippen molar-refractivity contribution in [2.75, 3.05) is 0 Å². The Hall–Kier alpha value is -2.30. The summed E-state index contributed by atoms with van der Waals surface area (Å²) in [7, 11) is 0. The fraction of sp³-hybridized carbons (Fsp3) is 0.167. The molecule has 2 rings (SSSR count). The molecule has 5 heteroatoms. The van der Waals surface area contributed by atoms with Gasteiger partial charge in [-0.05, 0) is 12.5 Å². The van der Waals surface area contributed by atoms with Crippen molar-refractivity contribution in [1.29, 1.82) is 0 Å². The highest BCUT2D eigenvalue weighted by Gasteiger charge is 2.12. The van der Waals surface area contributed by atoms with Gasteiger partial charge in [0.2, 0.25) is 0 Å². The average molecular weight is 232 g/mol. The van der Waals surface area contributed by atoms with Crippen LogP contribution in [0.3, 0.4) is 0 Å². The van der Waals surface area contributed by atoms with E-state index in [1.807, 2.05) is 31.2 Å². The lowest BCUT2D eigenvalue weighted by atomic mass is 10.1. The van der Waals surface area contributed by atoms with Gasteiger partial charge in [-0.1, -0.05) is 29.8 Å². The molecule has 0 radical (unpaired) electrons. The molecule has 0 bridgehead atoms. The molecule has 0 saturated heterocycles. The van der Waals surface area contributed by atoms with E-state index >= 15 is 0 Å². The lowest BCUT2D eigenvalue weighted by molar-refractivity contribution is 0.0685. The Morgan fingerprint density at radius 2 is 2.00 bits per heavy atom. The first-order chi connectivity index (χ1) is 8.08. The van der Waals surface area contributed by atoms with E-state index in [0.29, 0.717) is 0 Å². The summed E-state index contributed by atoms with van der Waals surface area (Å²) in [5, 5.41) is 8.92. The smallest absolute Gasteiger partial charge is 0.354 e. The molecule has 5 nitrogen and oxygen atoms in total. The Morgan fingerprint density at radius 1 is 1.35 bits per heavy atom. The highest BCUT2D eigenvalue weighted by atomic mass is 16.4. The van der Waals surface area contributed by atoms with Gasteiger partial charge in [0, 0.05) is 6.20 Å². The maximum Gasteiger partial charge on any atom is 0.354 e. The van der Waals surface area contributed by atoms with Crippen LogP contribution in [0, 0.1) is 6.92 Å². The number of carboxylic acid groups (broad SMARTS) is 1. The van der Waals surface area contributed by atoms with Crippen molar-refractivity contribution in [2.24, 2.45) is 0 Å². The Labute approximate surface area is 97.3 Å². The van der Waals surface area contributed by atoms with Crippen LogP contribution in [0.15, 0.2) is 35.3 Å². The third kappa shape index (κ3) is 2.28. The van der Waals surface area contributed by atoms with Gasteiger partial charge in [-0.25, -0.2) is 9.59 Å². The summed E-state index contributed by atoms with van der Waals surface area (Å²) < 4.78 is 1.20.